The van der Waals surface area contributed by atoms with E-state index in [-0.39, 0.29) is 0 Å². The first-order valence-electron chi connectivity index (χ1n) is 6.86. The zero-order valence-corrected chi connectivity index (χ0v) is 10.9. The third kappa shape index (κ3) is 3.41. The Morgan fingerprint density at radius 2 is 2.12 bits per heavy atom. The molecule has 0 aliphatic carbocycles. The molecule has 100 valence electrons. The van der Waals surface area contributed by atoms with Gasteiger partial charge >= 0.3 is 0 Å². The molecule has 2 atom stereocenters. The topological polar surface area (TPSA) is 47.7 Å². The van der Waals surface area contributed by atoms with Crippen LogP contribution in [0.3, 0.4) is 0 Å². The van der Waals surface area contributed by atoms with Crippen LogP contribution in [0.5, 0.6) is 0 Å². The van der Waals surface area contributed by atoms with E-state index in [2.05, 4.69) is 4.90 Å². The summed E-state index contributed by atoms with van der Waals surface area (Å²) in [5.74, 6) is 1.43. The van der Waals surface area contributed by atoms with Gasteiger partial charge in [0, 0.05) is 39.5 Å². The minimum atomic E-state index is 0.556. The van der Waals surface area contributed by atoms with Gasteiger partial charge < -0.3 is 15.2 Å². The van der Waals surface area contributed by atoms with E-state index in [0.717, 1.165) is 38.8 Å². The van der Waals surface area contributed by atoms with Gasteiger partial charge in [0.2, 0.25) is 0 Å². The molecule has 2 rings (SSSR count). The van der Waals surface area contributed by atoms with Crippen LogP contribution in [0.25, 0.3) is 0 Å². The van der Waals surface area contributed by atoms with Crippen LogP contribution in [-0.2, 0) is 9.47 Å². The number of methoxy groups -OCH3 is 1. The lowest BCUT2D eigenvalue weighted by Gasteiger charge is -2.36. The average Bonchev–Trinajstić information content (AvgIpc) is 2.81. The van der Waals surface area contributed by atoms with Gasteiger partial charge in [0.15, 0.2) is 0 Å². The van der Waals surface area contributed by atoms with Crippen LogP contribution in [0.1, 0.15) is 19.3 Å². The second-order valence-electron chi connectivity index (χ2n) is 5.36. The second-order valence-corrected chi connectivity index (χ2v) is 5.36. The van der Waals surface area contributed by atoms with Crippen molar-refractivity contribution in [3.05, 3.63) is 0 Å². The lowest BCUT2D eigenvalue weighted by atomic mass is 9.91. The highest BCUT2D eigenvalue weighted by Crippen LogP contribution is 2.27. The molecule has 2 unspecified atom stereocenters. The largest absolute Gasteiger partial charge is 0.384 e. The Kier molecular flexibility index (Phi) is 5.22. The highest BCUT2D eigenvalue weighted by molar-refractivity contribution is 4.87. The van der Waals surface area contributed by atoms with Crippen LogP contribution in [-0.4, -0.2) is 57.5 Å². The Labute approximate surface area is 104 Å². The molecule has 0 bridgehead atoms. The molecule has 4 heteroatoms. The van der Waals surface area contributed by atoms with Crippen molar-refractivity contribution in [1.82, 2.24) is 4.90 Å². The van der Waals surface area contributed by atoms with Crippen LogP contribution in [0.4, 0.5) is 0 Å². The molecule has 0 radical (unpaired) electrons. The van der Waals surface area contributed by atoms with E-state index < -0.39 is 0 Å². The zero-order valence-electron chi connectivity index (χ0n) is 10.9. The van der Waals surface area contributed by atoms with E-state index in [4.69, 9.17) is 15.2 Å². The molecule has 2 saturated heterocycles. The van der Waals surface area contributed by atoms with Gasteiger partial charge in [0.05, 0.1) is 6.61 Å². The number of hydrogen-bond donors (Lipinski definition) is 1. The van der Waals surface area contributed by atoms with E-state index in [1.54, 1.807) is 7.11 Å². The summed E-state index contributed by atoms with van der Waals surface area (Å²) in [7, 11) is 1.79. The summed E-state index contributed by atoms with van der Waals surface area (Å²) in [5, 5.41) is 0. The van der Waals surface area contributed by atoms with Gasteiger partial charge in [-0.15, -0.1) is 0 Å². The molecular formula is C13H26N2O2. The van der Waals surface area contributed by atoms with Crippen LogP contribution >= 0.6 is 0 Å². The predicted octanol–water partition coefficient (Wildman–Crippen LogP) is 0.709. The van der Waals surface area contributed by atoms with Gasteiger partial charge in [-0.1, -0.05) is 0 Å². The molecule has 2 aliphatic heterocycles. The van der Waals surface area contributed by atoms with Gasteiger partial charge in [-0.2, -0.15) is 0 Å². The Hall–Kier alpha value is -0.160. The smallest absolute Gasteiger partial charge is 0.0503 e. The molecule has 2 fully saturated rings. The quantitative estimate of drug-likeness (QED) is 0.771. The van der Waals surface area contributed by atoms with Crippen molar-refractivity contribution >= 4 is 0 Å². The third-order valence-electron chi connectivity index (χ3n) is 4.24. The van der Waals surface area contributed by atoms with Gasteiger partial charge in [-0.3, -0.25) is 4.90 Å². The molecule has 4 nitrogen and oxygen atoms in total. The molecule has 2 N–H and O–H groups in total. The molecule has 0 saturated carbocycles. The lowest BCUT2D eigenvalue weighted by molar-refractivity contribution is 0.0313. The summed E-state index contributed by atoms with van der Waals surface area (Å²) in [5.41, 5.74) is 5.99. The third-order valence-corrected chi connectivity index (χ3v) is 4.24. The number of hydrogen-bond acceptors (Lipinski definition) is 4. The van der Waals surface area contributed by atoms with Crippen molar-refractivity contribution in [3.8, 4) is 0 Å². The molecule has 17 heavy (non-hydrogen) atoms. The normalized spacial score (nSPS) is 29.6. The molecule has 0 spiro atoms. The maximum atomic E-state index is 5.99. The maximum absolute atomic E-state index is 5.99. The monoisotopic (exact) mass is 242 g/mol. The fraction of sp³-hybridized carbons (Fsp3) is 1.00. The zero-order chi connectivity index (χ0) is 12.1. The van der Waals surface area contributed by atoms with Gasteiger partial charge in [-0.25, -0.2) is 0 Å². The molecular weight excluding hydrogens is 216 g/mol. The van der Waals surface area contributed by atoms with Crippen LogP contribution in [0, 0.1) is 11.8 Å². The SMILES string of the molecule is COCC1CCN(C(CN)C2CCOCC2)C1. The van der Waals surface area contributed by atoms with E-state index in [9.17, 15) is 0 Å². The standard InChI is InChI=1S/C13H26N2O2/c1-16-10-11-2-5-15(9-11)13(8-14)12-3-6-17-7-4-12/h11-13H,2-10,14H2,1H3. The number of rotatable bonds is 5. The second kappa shape index (κ2) is 6.69. The molecule has 0 aromatic rings. The minimum absolute atomic E-state index is 0.556. The first-order chi connectivity index (χ1) is 8.35. The van der Waals surface area contributed by atoms with Gasteiger partial charge in [0.25, 0.3) is 0 Å². The Morgan fingerprint density at radius 1 is 1.35 bits per heavy atom. The molecule has 0 aromatic heterocycles. The summed E-state index contributed by atoms with van der Waals surface area (Å²) in [6, 6.07) is 0.556. The summed E-state index contributed by atoms with van der Waals surface area (Å²) in [6.07, 6.45) is 3.61. The Balaban J connectivity index is 1.85. The summed E-state index contributed by atoms with van der Waals surface area (Å²) < 4.78 is 10.7. The number of nitrogens with zero attached hydrogens (tertiary/aromatic N) is 1. The molecule has 0 aromatic carbocycles. The lowest BCUT2D eigenvalue weighted by Crippen LogP contribution is -2.46. The van der Waals surface area contributed by atoms with E-state index in [1.165, 1.54) is 25.8 Å². The predicted molar refractivity (Wildman–Crippen MR) is 67.9 cm³/mol. The van der Waals surface area contributed by atoms with Gasteiger partial charge in [-0.05, 0) is 37.6 Å². The molecule has 0 amide bonds. The van der Waals surface area contributed by atoms with E-state index in [0.29, 0.717) is 12.0 Å². The van der Waals surface area contributed by atoms with Crippen molar-refractivity contribution in [2.45, 2.75) is 25.3 Å². The number of ether oxygens (including phenoxy) is 2. The number of likely N-dealkylation sites (tertiary alicyclic amines) is 1. The summed E-state index contributed by atoms with van der Waals surface area (Å²) >= 11 is 0. The van der Waals surface area contributed by atoms with Gasteiger partial charge in [0.1, 0.15) is 0 Å². The van der Waals surface area contributed by atoms with Crippen molar-refractivity contribution in [2.24, 2.45) is 17.6 Å². The van der Waals surface area contributed by atoms with E-state index >= 15 is 0 Å². The fourth-order valence-corrected chi connectivity index (χ4v) is 3.28. The first-order valence-corrected chi connectivity index (χ1v) is 6.86. The Bertz CT molecular complexity index is 219. The van der Waals surface area contributed by atoms with Crippen LogP contribution < -0.4 is 5.73 Å². The first kappa shape index (κ1) is 13.3. The van der Waals surface area contributed by atoms with Crippen molar-refractivity contribution < 1.29 is 9.47 Å². The van der Waals surface area contributed by atoms with E-state index in [1.807, 2.05) is 0 Å². The summed E-state index contributed by atoms with van der Waals surface area (Å²) in [4.78, 5) is 2.58. The van der Waals surface area contributed by atoms with Crippen LogP contribution in [0.2, 0.25) is 0 Å². The van der Waals surface area contributed by atoms with Crippen molar-refractivity contribution in [3.63, 3.8) is 0 Å². The molecule has 2 heterocycles. The molecule has 2 aliphatic rings. The summed E-state index contributed by atoms with van der Waals surface area (Å²) in [6.45, 7) is 5.85. The highest BCUT2D eigenvalue weighted by Gasteiger charge is 2.32. The Morgan fingerprint density at radius 3 is 2.76 bits per heavy atom. The highest BCUT2D eigenvalue weighted by atomic mass is 16.5. The number of nitrogens with two attached hydrogens (primary N) is 1. The van der Waals surface area contributed by atoms with Crippen molar-refractivity contribution in [1.29, 1.82) is 0 Å². The van der Waals surface area contributed by atoms with Crippen LogP contribution in [0.15, 0.2) is 0 Å². The van der Waals surface area contributed by atoms with Crippen molar-refractivity contribution in [2.75, 3.05) is 46.6 Å². The maximum Gasteiger partial charge on any atom is 0.0503 e. The fourth-order valence-electron chi connectivity index (χ4n) is 3.28. The average molecular weight is 242 g/mol. The minimum Gasteiger partial charge on any atom is -0.384 e.